The van der Waals surface area contributed by atoms with Crippen molar-refractivity contribution < 1.29 is 4.39 Å². The summed E-state index contributed by atoms with van der Waals surface area (Å²) < 4.78 is 13.1. The van der Waals surface area contributed by atoms with E-state index in [1.165, 1.54) is 18.9 Å². The standard InChI is InChI=1S/C15H21ClFN/c1-3-8-18-14(15(2)6-7-15)10-11-4-5-13(17)12(16)9-11/h4-5,9,14,18H,3,6-8,10H2,1-2H3. The molecule has 0 heterocycles. The van der Waals surface area contributed by atoms with Crippen molar-refractivity contribution in [3.05, 3.63) is 34.6 Å². The molecule has 0 radical (unpaired) electrons. The molecule has 0 spiro atoms. The molecule has 1 N–H and O–H groups in total. The Balaban J connectivity index is 2.05. The molecule has 1 fully saturated rings. The van der Waals surface area contributed by atoms with Gasteiger partial charge in [-0.1, -0.05) is 31.5 Å². The lowest BCUT2D eigenvalue weighted by Gasteiger charge is -2.25. The average molecular weight is 270 g/mol. The van der Waals surface area contributed by atoms with Gasteiger partial charge in [-0.05, 0) is 55.3 Å². The zero-order chi connectivity index (χ0) is 13.2. The van der Waals surface area contributed by atoms with Gasteiger partial charge in [0.25, 0.3) is 0 Å². The highest BCUT2D eigenvalue weighted by Crippen LogP contribution is 2.49. The van der Waals surface area contributed by atoms with Crippen molar-refractivity contribution in [2.24, 2.45) is 5.41 Å². The SMILES string of the molecule is CCCNC(Cc1ccc(F)c(Cl)c1)C1(C)CC1. The summed E-state index contributed by atoms with van der Waals surface area (Å²) in [6, 6.07) is 5.53. The lowest BCUT2D eigenvalue weighted by molar-refractivity contribution is 0.354. The second kappa shape index (κ2) is 5.58. The van der Waals surface area contributed by atoms with E-state index in [9.17, 15) is 4.39 Å². The molecule has 1 saturated carbocycles. The Morgan fingerprint density at radius 2 is 2.17 bits per heavy atom. The van der Waals surface area contributed by atoms with E-state index in [-0.39, 0.29) is 10.8 Å². The van der Waals surface area contributed by atoms with Gasteiger partial charge in [0.1, 0.15) is 5.82 Å². The van der Waals surface area contributed by atoms with Gasteiger partial charge in [0.05, 0.1) is 5.02 Å². The zero-order valence-corrected chi connectivity index (χ0v) is 11.9. The third kappa shape index (κ3) is 3.24. The second-order valence-electron chi connectivity index (χ2n) is 5.61. The van der Waals surface area contributed by atoms with Gasteiger partial charge in [-0.3, -0.25) is 0 Å². The minimum atomic E-state index is -0.337. The summed E-state index contributed by atoms with van der Waals surface area (Å²) in [5.74, 6) is -0.337. The van der Waals surface area contributed by atoms with Crippen LogP contribution in [0.1, 0.15) is 38.7 Å². The molecule has 3 heteroatoms. The predicted octanol–water partition coefficient (Wildman–Crippen LogP) is 4.19. The third-order valence-corrected chi connectivity index (χ3v) is 4.23. The maximum absolute atomic E-state index is 13.1. The Hall–Kier alpha value is -0.600. The third-order valence-electron chi connectivity index (χ3n) is 3.94. The van der Waals surface area contributed by atoms with E-state index in [4.69, 9.17) is 11.6 Å². The molecule has 0 saturated heterocycles. The van der Waals surface area contributed by atoms with Gasteiger partial charge in [-0.2, -0.15) is 0 Å². The number of nitrogens with one attached hydrogen (secondary N) is 1. The van der Waals surface area contributed by atoms with Crippen LogP contribution in [0.3, 0.4) is 0 Å². The number of halogens is 2. The van der Waals surface area contributed by atoms with Gasteiger partial charge in [-0.25, -0.2) is 4.39 Å². The lowest BCUT2D eigenvalue weighted by Crippen LogP contribution is -2.38. The highest BCUT2D eigenvalue weighted by Gasteiger charge is 2.44. The second-order valence-corrected chi connectivity index (χ2v) is 6.02. The first-order valence-electron chi connectivity index (χ1n) is 6.72. The Morgan fingerprint density at radius 1 is 1.44 bits per heavy atom. The highest BCUT2D eigenvalue weighted by atomic mass is 35.5. The van der Waals surface area contributed by atoms with Crippen molar-refractivity contribution in [1.29, 1.82) is 0 Å². The molecule has 1 unspecified atom stereocenters. The zero-order valence-electron chi connectivity index (χ0n) is 11.1. The van der Waals surface area contributed by atoms with Gasteiger partial charge < -0.3 is 5.32 Å². The summed E-state index contributed by atoms with van der Waals surface area (Å²) in [5.41, 5.74) is 1.53. The number of hydrogen-bond donors (Lipinski definition) is 1. The molecule has 18 heavy (non-hydrogen) atoms. The van der Waals surface area contributed by atoms with Crippen LogP contribution in [0.4, 0.5) is 4.39 Å². The fourth-order valence-corrected chi connectivity index (χ4v) is 2.53. The van der Waals surface area contributed by atoms with Crippen LogP contribution in [0.15, 0.2) is 18.2 Å². The van der Waals surface area contributed by atoms with Crippen molar-refractivity contribution >= 4 is 11.6 Å². The van der Waals surface area contributed by atoms with Crippen LogP contribution in [0.5, 0.6) is 0 Å². The van der Waals surface area contributed by atoms with E-state index < -0.39 is 0 Å². The fraction of sp³-hybridized carbons (Fsp3) is 0.600. The van der Waals surface area contributed by atoms with Crippen molar-refractivity contribution in [2.75, 3.05) is 6.54 Å². The maximum atomic E-state index is 13.1. The van der Waals surface area contributed by atoms with E-state index in [0.717, 1.165) is 24.9 Å². The Kier molecular flexibility index (Phi) is 4.29. The topological polar surface area (TPSA) is 12.0 Å². The number of rotatable bonds is 6. The minimum Gasteiger partial charge on any atom is -0.313 e. The van der Waals surface area contributed by atoms with Crippen molar-refractivity contribution in [3.8, 4) is 0 Å². The normalized spacial score (nSPS) is 18.7. The summed E-state index contributed by atoms with van der Waals surface area (Å²) in [6.45, 7) is 5.54. The average Bonchev–Trinajstić information content (AvgIpc) is 3.08. The predicted molar refractivity (Wildman–Crippen MR) is 74.5 cm³/mol. The Labute approximate surface area is 114 Å². The summed E-state index contributed by atoms with van der Waals surface area (Å²) in [7, 11) is 0. The monoisotopic (exact) mass is 269 g/mol. The maximum Gasteiger partial charge on any atom is 0.141 e. The number of hydrogen-bond acceptors (Lipinski definition) is 1. The highest BCUT2D eigenvalue weighted by molar-refractivity contribution is 6.30. The summed E-state index contributed by atoms with van der Waals surface area (Å²) >= 11 is 5.84. The van der Waals surface area contributed by atoms with Crippen LogP contribution in [-0.2, 0) is 6.42 Å². The summed E-state index contributed by atoms with van der Waals surface area (Å²) in [4.78, 5) is 0. The molecular weight excluding hydrogens is 249 g/mol. The molecule has 2 rings (SSSR count). The molecule has 1 aromatic rings. The van der Waals surface area contributed by atoms with Gasteiger partial charge in [0.15, 0.2) is 0 Å². The minimum absolute atomic E-state index is 0.225. The molecule has 0 aromatic heterocycles. The van der Waals surface area contributed by atoms with E-state index >= 15 is 0 Å². The molecule has 1 aliphatic carbocycles. The Morgan fingerprint density at radius 3 is 2.72 bits per heavy atom. The molecule has 0 amide bonds. The summed E-state index contributed by atoms with van der Waals surface area (Å²) in [6.07, 6.45) is 4.62. The molecular formula is C15H21ClFN. The van der Waals surface area contributed by atoms with Crippen LogP contribution in [0, 0.1) is 11.2 Å². The van der Waals surface area contributed by atoms with Gasteiger partial charge in [0, 0.05) is 6.04 Å². The van der Waals surface area contributed by atoms with Crippen molar-refractivity contribution in [1.82, 2.24) is 5.32 Å². The first-order valence-corrected chi connectivity index (χ1v) is 7.10. The van der Waals surface area contributed by atoms with E-state index in [0.29, 0.717) is 11.5 Å². The van der Waals surface area contributed by atoms with Gasteiger partial charge in [-0.15, -0.1) is 0 Å². The van der Waals surface area contributed by atoms with Gasteiger partial charge in [0.2, 0.25) is 0 Å². The van der Waals surface area contributed by atoms with Crippen LogP contribution in [0.2, 0.25) is 5.02 Å². The first kappa shape index (κ1) is 13.8. The number of benzene rings is 1. The Bertz CT molecular complexity index is 415. The van der Waals surface area contributed by atoms with Crippen LogP contribution < -0.4 is 5.32 Å². The fourth-order valence-electron chi connectivity index (χ4n) is 2.33. The molecule has 1 atom stereocenters. The van der Waals surface area contributed by atoms with Crippen LogP contribution in [-0.4, -0.2) is 12.6 Å². The largest absolute Gasteiger partial charge is 0.313 e. The molecule has 100 valence electrons. The first-order chi connectivity index (χ1) is 8.55. The summed E-state index contributed by atoms with van der Waals surface area (Å²) in [5, 5.41) is 3.84. The molecule has 1 aliphatic rings. The van der Waals surface area contributed by atoms with Crippen LogP contribution >= 0.6 is 11.6 Å². The molecule has 0 bridgehead atoms. The van der Waals surface area contributed by atoms with Crippen LogP contribution in [0.25, 0.3) is 0 Å². The molecule has 1 nitrogen and oxygen atoms in total. The molecule has 0 aliphatic heterocycles. The van der Waals surface area contributed by atoms with Crippen molar-refractivity contribution in [2.45, 2.75) is 45.6 Å². The lowest BCUT2D eigenvalue weighted by atomic mass is 9.92. The van der Waals surface area contributed by atoms with E-state index in [1.807, 2.05) is 6.07 Å². The van der Waals surface area contributed by atoms with Crippen molar-refractivity contribution in [3.63, 3.8) is 0 Å². The van der Waals surface area contributed by atoms with E-state index in [2.05, 4.69) is 19.2 Å². The quantitative estimate of drug-likeness (QED) is 0.817. The van der Waals surface area contributed by atoms with Gasteiger partial charge >= 0.3 is 0 Å². The molecule has 1 aromatic carbocycles. The van der Waals surface area contributed by atoms with E-state index in [1.54, 1.807) is 6.07 Å². The smallest absolute Gasteiger partial charge is 0.141 e.